The third kappa shape index (κ3) is 5.57. The van der Waals surface area contributed by atoms with Crippen LogP contribution in [-0.2, 0) is 31.0 Å². The minimum atomic E-state index is -5.57. The van der Waals surface area contributed by atoms with Crippen molar-refractivity contribution in [3.05, 3.63) is 144 Å². The predicted molar refractivity (Wildman–Crippen MR) is 165 cm³/mol. The Labute approximate surface area is 302 Å². The minimum Gasteiger partial charge on any atom is -0.347 e. The van der Waals surface area contributed by atoms with E-state index in [4.69, 9.17) is 0 Å². The van der Waals surface area contributed by atoms with Crippen LogP contribution in [-0.4, -0.2) is 61.2 Å². The summed E-state index contributed by atoms with van der Waals surface area (Å²) in [5.74, 6) is -31.9. The molecular weight excluding hydrogens is 776 g/mol. The van der Waals surface area contributed by atoms with Crippen LogP contribution >= 0.6 is 0 Å². The van der Waals surface area contributed by atoms with Gasteiger partial charge in [0.2, 0.25) is 0 Å². The van der Waals surface area contributed by atoms with Gasteiger partial charge in [-0.2, -0.15) is 26.3 Å². The first-order valence-corrected chi connectivity index (χ1v) is 16.0. The summed E-state index contributed by atoms with van der Waals surface area (Å²) >= 11 is 0. The van der Waals surface area contributed by atoms with E-state index in [1.165, 1.54) is 0 Å². The number of hydrogen-bond donors (Lipinski definition) is 0. The van der Waals surface area contributed by atoms with Gasteiger partial charge in [-0.1, -0.05) is 91.0 Å². The Hall–Kier alpha value is -4.23. The summed E-state index contributed by atoms with van der Waals surface area (Å²) in [7, 11) is -4.28. The van der Waals surface area contributed by atoms with E-state index >= 15 is 52.7 Å². The van der Waals surface area contributed by atoms with Crippen LogP contribution in [0.3, 0.4) is 0 Å². The van der Waals surface area contributed by atoms with Gasteiger partial charge in [0, 0.05) is 16.7 Å². The van der Waals surface area contributed by atoms with Gasteiger partial charge in [0.1, 0.15) is 0 Å². The molecule has 9 unspecified atom stereocenters. The van der Waals surface area contributed by atoms with Crippen LogP contribution in [0.4, 0.5) is 65.9 Å². The monoisotopic (exact) mass is 800 g/mol. The summed E-state index contributed by atoms with van der Waals surface area (Å²) in [5.41, 5.74) is -20.0. The van der Waals surface area contributed by atoms with Gasteiger partial charge in [-0.05, 0) is 36.5 Å². The van der Waals surface area contributed by atoms with Gasteiger partial charge >= 0.3 is 25.1 Å². The van der Waals surface area contributed by atoms with Crippen molar-refractivity contribution in [3.8, 4) is 0 Å². The topological polar surface area (TPSA) is 27.7 Å². The molecule has 0 amide bonds. The average molecular weight is 800 g/mol. The molecule has 294 valence electrons. The molecule has 3 nitrogen and oxygen atoms in total. The van der Waals surface area contributed by atoms with Gasteiger partial charge in [0.05, 0.1) is 0 Å². The molecule has 55 heavy (non-hydrogen) atoms. The zero-order valence-electron chi connectivity index (χ0n) is 27.3. The van der Waals surface area contributed by atoms with Crippen LogP contribution in [0.5, 0.6) is 0 Å². The van der Waals surface area contributed by atoms with Gasteiger partial charge in [-0.15, -0.1) is 0 Å². The Morgan fingerprint density at radius 2 is 0.582 bits per heavy atom. The Balaban J connectivity index is 1.58. The van der Waals surface area contributed by atoms with Crippen LogP contribution in [0.15, 0.2) is 127 Å². The highest BCUT2D eigenvalue weighted by Crippen LogP contribution is 2.61. The molecule has 0 heterocycles. The van der Waals surface area contributed by atoms with Crippen molar-refractivity contribution in [1.29, 1.82) is 0 Å². The van der Waals surface area contributed by atoms with E-state index in [-0.39, 0.29) is 18.2 Å². The van der Waals surface area contributed by atoms with Crippen LogP contribution < -0.4 is 0 Å². The third-order valence-corrected chi connectivity index (χ3v) is 9.58. The maximum Gasteiger partial charge on any atom is 0.647 e. The maximum atomic E-state index is 17.1. The van der Waals surface area contributed by atoms with Crippen molar-refractivity contribution in [1.82, 2.24) is 0 Å². The summed E-state index contributed by atoms with van der Waals surface area (Å²) in [5, 5.41) is 0. The lowest BCUT2D eigenvalue weighted by Crippen LogP contribution is -2.69. The van der Waals surface area contributed by atoms with Crippen LogP contribution in [0.25, 0.3) is 0 Å². The lowest BCUT2D eigenvalue weighted by molar-refractivity contribution is -0.319. The van der Waals surface area contributed by atoms with Crippen molar-refractivity contribution < 1.29 is 79.8 Å². The molecule has 0 bridgehead atoms. The number of rotatable bonds is 9. The van der Waals surface area contributed by atoms with E-state index in [9.17, 15) is 13.2 Å². The number of benzene rings is 3. The van der Waals surface area contributed by atoms with Gasteiger partial charge in [0.15, 0.2) is 18.5 Å². The summed E-state index contributed by atoms with van der Waals surface area (Å²) in [6.07, 6.45) is -13.6. The first-order chi connectivity index (χ1) is 25.5. The molecule has 3 aliphatic rings. The first-order valence-electron chi connectivity index (χ1n) is 16.0. The summed E-state index contributed by atoms with van der Waals surface area (Å²) in [6.45, 7) is 0. The van der Waals surface area contributed by atoms with Crippen molar-refractivity contribution in [2.45, 2.75) is 70.9 Å². The maximum absolute atomic E-state index is 17.1. The molecule has 3 aromatic carbocycles. The van der Waals surface area contributed by atoms with E-state index in [0.717, 1.165) is 54.6 Å². The largest absolute Gasteiger partial charge is 0.647 e. The first kappa shape index (κ1) is 40.4. The molecule has 0 N–H and O–H groups in total. The molecule has 6 rings (SSSR count). The Morgan fingerprint density at radius 3 is 0.800 bits per heavy atom. The smallest absolute Gasteiger partial charge is 0.347 e. The molecule has 19 heteroatoms. The second kappa shape index (κ2) is 13.2. The minimum absolute atomic E-state index is 0.369. The van der Waals surface area contributed by atoms with Crippen molar-refractivity contribution in [2.75, 3.05) is 0 Å². The standard InChI is InChI=1S/C36H24BF15O3/c38-25-16-19-28(41,31(44,34(25,47)48)22-10-4-1-5-11-22)53-37(54-29(42)20-17-26(39)35(49,50)32(29,45)23-12-6-2-7-13-23)55-30(43)21-18-27(40)36(51,52)33(30,46)24-14-8-3-9-15-24/h1-21,25-27H. The van der Waals surface area contributed by atoms with Crippen molar-refractivity contribution in [2.24, 2.45) is 0 Å². The normalized spacial score (nSPS) is 38.8. The molecule has 0 saturated heterocycles. The zero-order chi connectivity index (χ0) is 40.5. The average Bonchev–Trinajstić information content (AvgIpc) is 3.16. The number of alkyl halides is 15. The molecule has 0 aliphatic heterocycles. The summed E-state index contributed by atoms with van der Waals surface area (Å²) < 4.78 is 253. The van der Waals surface area contributed by atoms with Gasteiger partial charge < -0.3 is 14.0 Å². The molecule has 0 aromatic heterocycles. The number of halogens is 15. The highest BCUT2D eigenvalue weighted by Gasteiger charge is 2.80. The summed E-state index contributed by atoms with van der Waals surface area (Å²) in [4.78, 5) is 0. The lowest BCUT2D eigenvalue weighted by Gasteiger charge is -2.50. The highest BCUT2D eigenvalue weighted by molar-refractivity contribution is 6.37. The Bertz CT molecular complexity index is 1740. The quantitative estimate of drug-likeness (QED) is 0.123. The van der Waals surface area contributed by atoms with Crippen molar-refractivity contribution >= 4 is 7.32 Å². The predicted octanol–water partition coefficient (Wildman–Crippen LogP) is 10.2. The van der Waals surface area contributed by atoms with Gasteiger partial charge in [0.25, 0.3) is 34.6 Å². The highest BCUT2D eigenvalue weighted by atomic mass is 19.3. The molecule has 0 spiro atoms. The molecule has 0 fully saturated rings. The second-order valence-corrected chi connectivity index (χ2v) is 12.8. The van der Waals surface area contributed by atoms with E-state index < -0.39 is 113 Å². The zero-order valence-corrected chi connectivity index (χ0v) is 27.3. The fourth-order valence-electron chi connectivity index (χ4n) is 6.61. The third-order valence-electron chi connectivity index (χ3n) is 9.58. The van der Waals surface area contributed by atoms with Crippen LogP contribution in [0.2, 0.25) is 0 Å². The van der Waals surface area contributed by atoms with Gasteiger partial charge in [-0.3, -0.25) is 0 Å². The molecule has 0 saturated carbocycles. The van der Waals surface area contributed by atoms with E-state index in [1.807, 2.05) is 0 Å². The molecule has 3 aromatic rings. The second-order valence-electron chi connectivity index (χ2n) is 12.8. The van der Waals surface area contributed by atoms with Crippen LogP contribution in [0.1, 0.15) is 16.7 Å². The van der Waals surface area contributed by atoms with E-state index in [2.05, 4.69) is 14.0 Å². The Morgan fingerprint density at radius 1 is 0.364 bits per heavy atom. The number of hydrogen-bond acceptors (Lipinski definition) is 3. The fraction of sp³-hybridized carbons (Fsp3) is 0.333. The fourth-order valence-corrected chi connectivity index (χ4v) is 6.61. The molecule has 9 atom stereocenters. The molecule has 0 radical (unpaired) electrons. The SMILES string of the molecule is FC1C=CC(F)(OB(OC2(F)C=CC(F)C(F)(F)C2(F)c2ccccc2)OC2(F)C=CC(F)C(F)(F)C2(F)c2ccccc2)C(F)(c2ccccc2)C1(F)F. The molecular formula is C36H24BF15O3. The van der Waals surface area contributed by atoms with Crippen molar-refractivity contribution in [3.63, 3.8) is 0 Å². The van der Waals surface area contributed by atoms with E-state index in [1.54, 1.807) is 0 Å². The number of allylic oxidation sites excluding steroid dienone is 3. The summed E-state index contributed by atoms with van der Waals surface area (Å²) in [6, 6.07) is 10.9. The molecule has 3 aliphatic carbocycles. The van der Waals surface area contributed by atoms with Gasteiger partial charge in [-0.25, -0.2) is 39.5 Å². The Kier molecular flexibility index (Phi) is 9.69. The van der Waals surface area contributed by atoms with E-state index in [0.29, 0.717) is 36.4 Å². The lowest BCUT2D eigenvalue weighted by atomic mass is 9.74. The van der Waals surface area contributed by atoms with Crippen LogP contribution in [0, 0.1) is 0 Å².